The maximum absolute atomic E-state index is 12.8. The third-order valence-electron chi connectivity index (χ3n) is 5.52. The lowest BCUT2D eigenvalue weighted by Crippen LogP contribution is -2.41. The number of halogens is 1. The van der Waals surface area contributed by atoms with Crippen LogP contribution in [0.3, 0.4) is 0 Å². The zero-order valence-electron chi connectivity index (χ0n) is 16.3. The first-order valence-electron chi connectivity index (χ1n) is 9.61. The molecule has 7 heteroatoms. The summed E-state index contributed by atoms with van der Waals surface area (Å²) in [5.74, 6) is 0. The van der Waals surface area contributed by atoms with Gasteiger partial charge in [-0.1, -0.05) is 35.9 Å². The van der Waals surface area contributed by atoms with Gasteiger partial charge in [-0.3, -0.25) is 4.90 Å². The minimum Gasteiger partial charge on any atom is -0.353 e. The van der Waals surface area contributed by atoms with Crippen LogP contribution in [0, 0.1) is 0 Å². The van der Waals surface area contributed by atoms with Gasteiger partial charge in [0.2, 0.25) is 10.0 Å². The molecule has 0 fully saturated rings. The Bertz CT molecular complexity index is 1090. The van der Waals surface area contributed by atoms with Gasteiger partial charge in [0.15, 0.2) is 0 Å². The van der Waals surface area contributed by atoms with Crippen molar-refractivity contribution in [1.29, 1.82) is 0 Å². The SMILES string of the molecule is Cn1cccc1[C@H](CNS(=O)(=O)c1ccc(Cl)cc1)N1CCc2ccccc2C1. The molecule has 1 N–H and O–H groups in total. The quantitative estimate of drug-likeness (QED) is 0.649. The molecular formula is C22H24ClN3O2S. The van der Waals surface area contributed by atoms with Gasteiger partial charge in [0.25, 0.3) is 0 Å². The minimum absolute atomic E-state index is 0.0644. The van der Waals surface area contributed by atoms with Crippen LogP contribution in [-0.4, -0.2) is 31.0 Å². The Labute approximate surface area is 177 Å². The van der Waals surface area contributed by atoms with Gasteiger partial charge < -0.3 is 4.57 Å². The van der Waals surface area contributed by atoms with Crippen LogP contribution < -0.4 is 4.72 Å². The van der Waals surface area contributed by atoms with Gasteiger partial charge in [0.1, 0.15) is 0 Å². The lowest BCUT2D eigenvalue weighted by atomic mass is 9.98. The van der Waals surface area contributed by atoms with E-state index in [0.717, 1.165) is 25.2 Å². The maximum Gasteiger partial charge on any atom is 0.240 e. The van der Waals surface area contributed by atoms with Gasteiger partial charge in [0.05, 0.1) is 10.9 Å². The third kappa shape index (κ3) is 4.41. The summed E-state index contributed by atoms with van der Waals surface area (Å²) in [4.78, 5) is 2.57. The van der Waals surface area contributed by atoms with Gasteiger partial charge in [-0.05, 0) is 53.9 Å². The van der Waals surface area contributed by atoms with E-state index in [-0.39, 0.29) is 10.9 Å². The van der Waals surface area contributed by atoms with Crippen LogP contribution in [0.1, 0.15) is 22.9 Å². The number of hydrogen-bond donors (Lipinski definition) is 1. The number of sulfonamides is 1. The van der Waals surface area contributed by atoms with E-state index < -0.39 is 10.0 Å². The Kier molecular flexibility index (Phi) is 5.79. The molecule has 0 saturated heterocycles. The summed E-state index contributed by atoms with van der Waals surface area (Å²) in [6.07, 6.45) is 2.95. The molecular weight excluding hydrogens is 406 g/mol. The predicted molar refractivity (Wildman–Crippen MR) is 115 cm³/mol. The lowest BCUT2D eigenvalue weighted by Gasteiger charge is -2.36. The first kappa shape index (κ1) is 20.2. The smallest absolute Gasteiger partial charge is 0.240 e. The average Bonchev–Trinajstić information content (AvgIpc) is 3.14. The molecule has 3 aromatic rings. The molecule has 0 saturated carbocycles. The van der Waals surface area contributed by atoms with Crippen LogP contribution in [0.5, 0.6) is 0 Å². The van der Waals surface area contributed by atoms with E-state index in [2.05, 4.69) is 44.5 Å². The first-order chi connectivity index (χ1) is 13.9. The Morgan fingerprint density at radius 3 is 2.45 bits per heavy atom. The Balaban J connectivity index is 1.57. The number of benzene rings is 2. The monoisotopic (exact) mass is 429 g/mol. The van der Waals surface area contributed by atoms with Gasteiger partial charge in [-0.15, -0.1) is 0 Å². The highest BCUT2D eigenvalue weighted by Gasteiger charge is 2.28. The van der Waals surface area contributed by atoms with Crippen molar-refractivity contribution in [3.05, 3.63) is 88.7 Å². The fourth-order valence-electron chi connectivity index (χ4n) is 3.91. The van der Waals surface area contributed by atoms with Crippen molar-refractivity contribution in [3.8, 4) is 0 Å². The van der Waals surface area contributed by atoms with Crippen LogP contribution in [0.2, 0.25) is 5.02 Å². The molecule has 29 heavy (non-hydrogen) atoms. The second-order valence-electron chi connectivity index (χ2n) is 7.35. The normalized spacial score (nSPS) is 15.8. The number of nitrogens with one attached hydrogen (secondary N) is 1. The fraction of sp³-hybridized carbons (Fsp3) is 0.273. The summed E-state index contributed by atoms with van der Waals surface area (Å²) in [5.41, 5.74) is 3.76. The van der Waals surface area contributed by atoms with Crippen molar-refractivity contribution in [2.24, 2.45) is 7.05 Å². The molecule has 1 atom stereocenters. The zero-order chi connectivity index (χ0) is 20.4. The molecule has 0 radical (unpaired) electrons. The van der Waals surface area contributed by atoms with Crippen LogP contribution in [-0.2, 0) is 30.0 Å². The first-order valence-corrected chi connectivity index (χ1v) is 11.5. The second kappa shape index (κ2) is 8.32. The summed E-state index contributed by atoms with van der Waals surface area (Å²) in [5, 5.41) is 0.512. The van der Waals surface area contributed by atoms with E-state index >= 15 is 0 Å². The van der Waals surface area contributed by atoms with E-state index in [4.69, 9.17) is 11.6 Å². The van der Waals surface area contributed by atoms with E-state index in [1.54, 1.807) is 12.1 Å². The molecule has 0 bridgehead atoms. The number of hydrogen-bond acceptors (Lipinski definition) is 3. The van der Waals surface area contributed by atoms with Crippen molar-refractivity contribution in [1.82, 2.24) is 14.2 Å². The highest BCUT2D eigenvalue weighted by Crippen LogP contribution is 2.28. The molecule has 2 heterocycles. The highest BCUT2D eigenvalue weighted by molar-refractivity contribution is 7.89. The Hall–Kier alpha value is -2.12. The molecule has 4 rings (SSSR count). The van der Waals surface area contributed by atoms with E-state index in [9.17, 15) is 8.42 Å². The highest BCUT2D eigenvalue weighted by atomic mass is 35.5. The van der Waals surface area contributed by atoms with Crippen LogP contribution >= 0.6 is 11.6 Å². The fourth-order valence-corrected chi connectivity index (χ4v) is 5.07. The van der Waals surface area contributed by atoms with Crippen LogP contribution in [0.15, 0.2) is 71.8 Å². The predicted octanol–water partition coefficient (Wildman–Crippen LogP) is 3.76. The summed E-state index contributed by atoms with van der Waals surface area (Å²) in [6, 6.07) is 18.7. The average molecular weight is 430 g/mol. The number of nitrogens with zero attached hydrogens (tertiary/aromatic N) is 2. The molecule has 152 valence electrons. The summed E-state index contributed by atoms with van der Waals surface area (Å²) < 4.78 is 30.5. The molecule has 1 aliphatic heterocycles. The standard InChI is InChI=1S/C22H24ClN3O2S/c1-25-13-4-7-21(25)22(26-14-12-17-5-2-3-6-18(17)16-26)15-24-29(27,28)20-10-8-19(23)9-11-20/h2-11,13,22,24H,12,14-16H2,1H3/t22-/m0/s1. The molecule has 0 amide bonds. The summed E-state index contributed by atoms with van der Waals surface area (Å²) >= 11 is 5.89. The largest absolute Gasteiger partial charge is 0.353 e. The molecule has 1 aliphatic rings. The molecule has 1 aromatic heterocycles. The van der Waals surface area contributed by atoms with Crippen LogP contribution in [0.4, 0.5) is 0 Å². The van der Waals surface area contributed by atoms with Gasteiger partial charge in [0, 0.05) is 43.6 Å². The summed E-state index contributed by atoms with van der Waals surface area (Å²) in [6.45, 7) is 1.98. The van der Waals surface area contributed by atoms with Crippen molar-refractivity contribution in [2.45, 2.75) is 23.9 Å². The van der Waals surface area contributed by atoms with Crippen LogP contribution in [0.25, 0.3) is 0 Å². The number of fused-ring (bicyclic) bond motifs is 1. The number of rotatable bonds is 6. The zero-order valence-corrected chi connectivity index (χ0v) is 17.8. The van der Waals surface area contributed by atoms with Gasteiger partial charge in [-0.2, -0.15) is 0 Å². The lowest BCUT2D eigenvalue weighted by molar-refractivity contribution is 0.174. The molecule has 2 aromatic carbocycles. The van der Waals surface area contributed by atoms with E-state index in [1.807, 2.05) is 19.3 Å². The molecule has 0 spiro atoms. The minimum atomic E-state index is -3.62. The third-order valence-corrected chi connectivity index (χ3v) is 7.21. The molecule has 0 unspecified atom stereocenters. The summed E-state index contributed by atoms with van der Waals surface area (Å²) in [7, 11) is -1.63. The number of aryl methyl sites for hydroxylation is 1. The number of aromatic nitrogens is 1. The van der Waals surface area contributed by atoms with Gasteiger partial charge >= 0.3 is 0 Å². The molecule has 0 aliphatic carbocycles. The molecule has 5 nitrogen and oxygen atoms in total. The van der Waals surface area contributed by atoms with Crippen molar-refractivity contribution >= 4 is 21.6 Å². The Morgan fingerprint density at radius 1 is 1.03 bits per heavy atom. The Morgan fingerprint density at radius 2 is 1.76 bits per heavy atom. The maximum atomic E-state index is 12.8. The van der Waals surface area contributed by atoms with Crippen molar-refractivity contribution in [2.75, 3.05) is 13.1 Å². The van der Waals surface area contributed by atoms with E-state index in [0.29, 0.717) is 11.6 Å². The topological polar surface area (TPSA) is 54.3 Å². The van der Waals surface area contributed by atoms with Crippen molar-refractivity contribution in [3.63, 3.8) is 0 Å². The van der Waals surface area contributed by atoms with E-state index in [1.165, 1.54) is 23.3 Å². The van der Waals surface area contributed by atoms with Crippen molar-refractivity contribution < 1.29 is 8.42 Å². The van der Waals surface area contributed by atoms with Gasteiger partial charge in [-0.25, -0.2) is 13.1 Å². The second-order valence-corrected chi connectivity index (χ2v) is 9.56.